The Kier molecular flexibility index (Phi) is 19.3. The third-order valence-electron chi connectivity index (χ3n) is 4.92. The maximum Gasteiger partial charge on any atom is 0.320 e. The van der Waals surface area contributed by atoms with E-state index in [-0.39, 0.29) is 11.8 Å². The first kappa shape index (κ1) is 35.0. The van der Waals surface area contributed by atoms with Crippen molar-refractivity contribution in [3.63, 3.8) is 0 Å². The van der Waals surface area contributed by atoms with Gasteiger partial charge in [0.2, 0.25) is 5.90 Å². The molecule has 1 aromatic rings. The average molecular weight is 548 g/mol. The SMILES string of the molecule is C=C/C(=C\C=C/C)PC/C(C)=C/C(=C\C)CN1CC(OC)=Nc2c(N)nc(OCCOC)nc21.CC.CO. The Morgan fingerprint density at radius 2 is 1.89 bits per heavy atom. The molecule has 10 heteroatoms. The highest BCUT2D eigenvalue weighted by Crippen LogP contribution is 2.37. The molecule has 0 aliphatic carbocycles. The van der Waals surface area contributed by atoms with Crippen LogP contribution in [-0.2, 0) is 9.47 Å². The van der Waals surface area contributed by atoms with Gasteiger partial charge < -0.3 is 30.0 Å². The van der Waals surface area contributed by atoms with E-state index < -0.39 is 0 Å². The van der Waals surface area contributed by atoms with Crippen molar-refractivity contribution in [2.75, 3.05) is 64.4 Å². The van der Waals surface area contributed by atoms with Gasteiger partial charge in [0.05, 0.1) is 20.3 Å². The van der Waals surface area contributed by atoms with E-state index >= 15 is 0 Å². The minimum absolute atomic E-state index is 0.203. The number of rotatable bonds is 12. The van der Waals surface area contributed by atoms with Gasteiger partial charge in [0, 0.05) is 20.8 Å². The van der Waals surface area contributed by atoms with Gasteiger partial charge in [-0.15, -0.1) is 0 Å². The van der Waals surface area contributed by atoms with Crippen LogP contribution in [-0.4, -0.2) is 74.8 Å². The highest BCUT2D eigenvalue weighted by Gasteiger charge is 2.26. The van der Waals surface area contributed by atoms with E-state index in [0.717, 1.165) is 18.8 Å². The number of hydrogen-bond donors (Lipinski definition) is 2. The molecular formula is C28H46N5O4P. The highest BCUT2D eigenvalue weighted by atomic mass is 31.1. The van der Waals surface area contributed by atoms with Gasteiger partial charge in [0.15, 0.2) is 17.3 Å². The number of fused-ring (bicyclic) bond motifs is 1. The van der Waals surface area contributed by atoms with Gasteiger partial charge in [-0.25, -0.2) is 4.99 Å². The molecule has 1 aliphatic rings. The van der Waals surface area contributed by atoms with E-state index in [1.54, 1.807) is 14.2 Å². The van der Waals surface area contributed by atoms with Gasteiger partial charge in [-0.05, 0) is 37.8 Å². The molecule has 0 saturated heterocycles. The van der Waals surface area contributed by atoms with Gasteiger partial charge in [-0.2, -0.15) is 9.97 Å². The predicted molar refractivity (Wildman–Crippen MR) is 163 cm³/mol. The maximum absolute atomic E-state index is 7.00. The standard InChI is InChI=1S/C25H36N5O3P.C2H6.CH4O/c1-7-10-11-20(9-3)34-17-18(4)14-19(8-2)15-30-16-21(32-6)27-22-23(26)28-25(29-24(22)30)33-13-12-31-5;2*1-2/h7-11,14,34H,3,12-13,15-17H2,1-2,4-6H3,(H2,26,28,29);1-2H3;2H,1H3/b10-7-,18-14+,19-8+,20-11+;;. The number of aliphatic hydroxyl groups excluding tert-OH is 1. The van der Waals surface area contributed by atoms with Gasteiger partial charge in [-0.1, -0.05) is 71.0 Å². The number of ether oxygens (including phenoxy) is 3. The van der Waals surface area contributed by atoms with E-state index in [4.69, 9.17) is 25.1 Å². The molecule has 0 fully saturated rings. The van der Waals surface area contributed by atoms with Crippen molar-refractivity contribution >= 4 is 31.8 Å². The molecule has 212 valence electrons. The summed E-state index contributed by atoms with van der Waals surface area (Å²) < 4.78 is 16.1. The van der Waals surface area contributed by atoms with E-state index in [1.807, 2.05) is 45.9 Å². The number of allylic oxidation sites excluding steroid dienone is 7. The zero-order valence-corrected chi connectivity index (χ0v) is 25.2. The number of nitrogen functional groups attached to an aromatic ring is 1. The second kappa shape index (κ2) is 21.0. The van der Waals surface area contributed by atoms with Crippen LogP contribution < -0.4 is 15.4 Å². The molecule has 1 aliphatic heterocycles. The number of aromatic nitrogens is 2. The quantitative estimate of drug-likeness (QED) is 0.202. The summed E-state index contributed by atoms with van der Waals surface area (Å²) in [5.41, 5.74) is 9.13. The largest absolute Gasteiger partial charge is 0.483 e. The number of aliphatic imine (C=N–C) groups is 1. The van der Waals surface area contributed by atoms with Crippen LogP contribution in [0.3, 0.4) is 0 Å². The Morgan fingerprint density at radius 3 is 2.47 bits per heavy atom. The van der Waals surface area contributed by atoms with Crippen molar-refractivity contribution in [1.82, 2.24) is 9.97 Å². The fourth-order valence-electron chi connectivity index (χ4n) is 3.14. The molecule has 3 N–H and O–H groups in total. The molecule has 38 heavy (non-hydrogen) atoms. The van der Waals surface area contributed by atoms with E-state index in [0.29, 0.717) is 52.3 Å². The van der Waals surface area contributed by atoms with E-state index in [9.17, 15) is 0 Å². The molecule has 9 nitrogen and oxygen atoms in total. The van der Waals surface area contributed by atoms with Crippen LogP contribution in [0.25, 0.3) is 0 Å². The molecular weight excluding hydrogens is 501 g/mol. The molecule has 0 saturated carbocycles. The zero-order valence-electron chi connectivity index (χ0n) is 24.2. The molecule has 0 radical (unpaired) electrons. The van der Waals surface area contributed by atoms with Crippen LogP contribution in [0.1, 0.15) is 34.6 Å². The summed E-state index contributed by atoms with van der Waals surface area (Å²) in [6.45, 7) is 16.0. The van der Waals surface area contributed by atoms with E-state index in [1.165, 1.54) is 10.9 Å². The number of anilines is 2. The first-order valence-electron chi connectivity index (χ1n) is 12.6. The Morgan fingerprint density at radius 1 is 1.18 bits per heavy atom. The molecule has 0 bridgehead atoms. The lowest BCUT2D eigenvalue weighted by Gasteiger charge is -2.29. The van der Waals surface area contributed by atoms with Crippen LogP contribution in [0.5, 0.6) is 6.01 Å². The van der Waals surface area contributed by atoms with Crippen LogP contribution in [0, 0.1) is 0 Å². The van der Waals surface area contributed by atoms with Crippen molar-refractivity contribution in [2.45, 2.75) is 34.6 Å². The summed E-state index contributed by atoms with van der Waals surface area (Å²) in [5, 5.41) is 8.24. The highest BCUT2D eigenvalue weighted by molar-refractivity contribution is 7.43. The third kappa shape index (κ3) is 12.0. The monoisotopic (exact) mass is 547 g/mol. The number of aliphatic hydroxyl groups is 1. The number of methoxy groups -OCH3 is 2. The fraction of sp³-hybridized carbons (Fsp3) is 0.464. The van der Waals surface area contributed by atoms with Gasteiger partial charge in [0.1, 0.15) is 6.61 Å². The second-order valence-corrected chi connectivity index (χ2v) is 8.81. The van der Waals surface area contributed by atoms with Crippen LogP contribution in [0.4, 0.5) is 17.3 Å². The predicted octanol–water partition coefficient (Wildman–Crippen LogP) is 5.43. The molecule has 0 amide bonds. The number of nitrogens with zero attached hydrogens (tertiary/aromatic N) is 4. The van der Waals surface area contributed by atoms with Crippen molar-refractivity contribution in [2.24, 2.45) is 4.99 Å². The number of nitrogens with two attached hydrogens (primary N) is 1. The third-order valence-corrected chi connectivity index (χ3v) is 6.44. The summed E-state index contributed by atoms with van der Waals surface area (Å²) in [7, 11) is 4.87. The molecule has 0 spiro atoms. The van der Waals surface area contributed by atoms with Crippen molar-refractivity contribution < 1.29 is 19.3 Å². The summed E-state index contributed by atoms with van der Waals surface area (Å²) in [6.07, 6.45) is 13.4. The topological polar surface area (TPSA) is 115 Å². The lowest BCUT2D eigenvalue weighted by atomic mass is 10.1. The summed E-state index contributed by atoms with van der Waals surface area (Å²) in [5.74, 6) is 1.42. The molecule has 1 unspecified atom stereocenters. The molecule has 2 heterocycles. The second-order valence-electron chi connectivity index (χ2n) is 7.53. The Labute approximate surface area is 230 Å². The van der Waals surface area contributed by atoms with Gasteiger partial charge in [0.25, 0.3) is 0 Å². The Balaban J connectivity index is 0.00000326. The van der Waals surface area contributed by atoms with Gasteiger partial charge >= 0.3 is 6.01 Å². The Hall–Kier alpha value is -3.00. The molecule has 1 atom stereocenters. The first-order valence-corrected chi connectivity index (χ1v) is 13.8. The lowest BCUT2D eigenvalue weighted by molar-refractivity contribution is 0.141. The maximum atomic E-state index is 7.00. The normalized spacial score (nSPS) is 13.9. The smallest absolute Gasteiger partial charge is 0.320 e. The summed E-state index contributed by atoms with van der Waals surface area (Å²) in [4.78, 5) is 15.4. The lowest BCUT2D eigenvalue weighted by Crippen LogP contribution is -2.35. The Bertz CT molecular complexity index is 1000. The summed E-state index contributed by atoms with van der Waals surface area (Å²) in [6, 6.07) is 0.203. The fourth-order valence-corrected chi connectivity index (χ4v) is 4.08. The molecule has 1 aromatic heterocycles. The van der Waals surface area contributed by atoms with Crippen molar-refractivity contribution in [3.05, 3.63) is 59.5 Å². The molecule has 2 rings (SSSR count). The molecule has 0 aromatic carbocycles. The van der Waals surface area contributed by atoms with Gasteiger partial charge in [-0.3, -0.25) is 0 Å². The summed E-state index contributed by atoms with van der Waals surface area (Å²) >= 11 is 0. The van der Waals surface area contributed by atoms with Crippen LogP contribution >= 0.6 is 8.58 Å². The number of hydrogen-bond acceptors (Lipinski definition) is 9. The van der Waals surface area contributed by atoms with Crippen LogP contribution in [0.2, 0.25) is 0 Å². The van der Waals surface area contributed by atoms with E-state index in [2.05, 4.69) is 51.6 Å². The minimum atomic E-state index is 0.203. The first-order chi connectivity index (χ1) is 18.4. The zero-order chi connectivity index (χ0) is 28.9. The average Bonchev–Trinajstić information content (AvgIpc) is 2.95. The van der Waals surface area contributed by atoms with Crippen molar-refractivity contribution in [1.29, 1.82) is 0 Å². The minimum Gasteiger partial charge on any atom is -0.483 e. The van der Waals surface area contributed by atoms with Crippen LogP contribution in [0.15, 0.2) is 64.5 Å². The van der Waals surface area contributed by atoms with Crippen molar-refractivity contribution in [3.8, 4) is 6.01 Å².